The highest BCUT2D eigenvalue weighted by atomic mass is 35.5. The Hall–Kier alpha value is -2.13. The Bertz CT molecular complexity index is 851. The van der Waals surface area contributed by atoms with Crippen LogP contribution in [0.2, 0.25) is 0 Å². The van der Waals surface area contributed by atoms with E-state index in [1.807, 2.05) is 0 Å². The average Bonchev–Trinajstić information content (AvgIpc) is 3.10. The largest absolute Gasteiger partial charge is 0.339 e. The van der Waals surface area contributed by atoms with Gasteiger partial charge in [-0.25, -0.2) is 13.2 Å². The van der Waals surface area contributed by atoms with Gasteiger partial charge in [0.15, 0.2) is 17.5 Å². The van der Waals surface area contributed by atoms with Gasteiger partial charge in [-0.3, -0.25) is 4.79 Å². The number of halogens is 4. The molecule has 3 heterocycles. The summed E-state index contributed by atoms with van der Waals surface area (Å²) in [6.07, 6.45) is 1.34. The number of benzene rings is 1. The molecular weight excluding hydrogens is 383 g/mol. The number of carbonyl (C=O) groups is 1. The minimum atomic E-state index is -1.62. The van der Waals surface area contributed by atoms with Crippen molar-refractivity contribution in [3.05, 3.63) is 46.8 Å². The van der Waals surface area contributed by atoms with E-state index in [2.05, 4.69) is 20.1 Å². The maximum atomic E-state index is 13.9. The molecule has 0 radical (unpaired) electrons. The summed E-state index contributed by atoms with van der Waals surface area (Å²) < 4.78 is 42.4. The molecular formula is C17H19ClF3N5O. The molecule has 1 amide bonds. The third-order valence-electron chi connectivity index (χ3n) is 5.06. The van der Waals surface area contributed by atoms with Crippen LogP contribution >= 0.6 is 12.4 Å². The van der Waals surface area contributed by atoms with Crippen LogP contribution < -0.4 is 5.32 Å². The van der Waals surface area contributed by atoms with E-state index >= 15 is 0 Å². The number of amides is 1. The lowest BCUT2D eigenvalue weighted by molar-refractivity contribution is 0.0704. The van der Waals surface area contributed by atoms with Gasteiger partial charge in [0.05, 0.1) is 12.1 Å². The van der Waals surface area contributed by atoms with Gasteiger partial charge in [-0.2, -0.15) is 0 Å². The van der Waals surface area contributed by atoms with Crippen molar-refractivity contribution >= 4 is 18.3 Å². The molecule has 0 saturated carbocycles. The molecule has 1 aromatic heterocycles. The number of carbonyl (C=O) groups excluding carboxylic acids is 1. The number of likely N-dealkylation sites (tertiary alicyclic amines) is 1. The monoisotopic (exact) mass is 401 g/mol. The van der Waals surface area contributed by atoms with Crippen molar-refractivity contribution in [2.45, 2.75) is 31.8 Å². The Morgan fingerprint density at radius 2 is 1.81 bits per heavy atom. The van der Waals surface area contributed by atoms with Gasteiger partial charge >= 0.3 is 0 Å². The van der Waals surface area contributed by atoms with Crippen LogP contribution in [0.15, 0.2) is 12.1 Å². The normalized spacial score (nSPS) is 17.4. The van der Waals surface area contributed by atoms with Crippen LogP contribution in [-0.2, 0) is 13.1 Å². The van der Waals surface area contributed by atoms with Crippen molar-refractivity contribution in [2.24, 2.45) is 0 Å². The number of nitrogens with zero attached hydrogens (tertiary/aromatic N) is 4. The van der Waals surface area contributed by atoms with E-state index in [1.54, 1.807) is 0 Å². The lowest BCUT2D eigenvalue weighted by atomic mass is 9.95. The lowest BCUT2D eigenvalue weighted by Crippen LogP contribution is -2.39. The van der Waals surface area contributed by atoms with Gasteiger partial charge in [0, 0.05) is 32.1 Å². The first-order valence-corrected chi connectivity index (χ1v) is 8.61. The minimum Gasteiger partial charge on any atom is -0.339 e. The number of aromatic nitrogens is 3. The first-order valence-electron chi connectivity index (χ1n) is 8.61. The molecule has 1 saturated heterocycles. The molecule has 2 aliphatic rings. The van der Waals surface area contributed by atoms with Crippen LogP contribution in [0.3, 0.4) is 0 Å². The van der Waals surface area contributed by atoms with E-state index in [0.29, 0.717) is 32.5 Å². The molecule has 6 nitrogen and oxygen atoms in total. The number of nitrogens with one attached hydrogen (secondary N) is 1. The second-order valence-electron chi connectivity index (χ2n) is 6.59. The predicted molar refractivity (Wildman–Crippen MR) is 93.2 cm³/mol. The second-order valence-corrected chi connectivity index (χ2v) is 6.59. The minimum absolute atomic E-state index is 0. The van der Waals surface area contributed by atoms with Crippen molar-refractivity contribution in [1.82, 2.24) is 25.0 Å². The molecule has 1 N–H and O–H groups in total. The molecule has 2 aliphatic heterocycles. The highest BCUT2D eigenvalue weighted by Gasteiger charge is 2.30. The van der Waals surface area contributed by atoms with Crippen molar-refractivity contribution in [3.8, 4) is 0 Å². The summed E-state index contributed by atoms with van der Waals surface area (Å²) in [4.78, 5) is 13.9. The van der Waals surface area contributed by atoms with E-state index in [1.165, 1.54) is 4.90 Å². The fourth-order valence-electron chi connectivity index (χ4n) is 3.62. The molecule has 0 spiro atoms. The Balaban J connectivity index is 0.00000210. The third-order valence-corrected chi connectivity index (χ3v) is 5.06. The Labute approximate surface area is 160 Å². The summed E-state index contributed by atoms with van der Waals surface area (Å²) in [5.41, 5.74) is -0.437. The number of rotatable bonds is 2. The summed E-state index contributed by atoms with van der Waals surface area (Å²) in [6, 6.07) is 1.76. The van der Waals surface area contributed by atoms with Crippen LogP contribution in [0.25, 0.3) is 0 Å². The first-order chi connectivity index (χ1) is 12.6. The molecule has 1 aromatic carbocycles. The zero-order valence-corrected chi connectivity index (χ0v) is 15.2. The van der Waals surface area contributed by atoms with Gasteiger partial charge in [0.2, 0.25) is 0 Å². The summed E-state index contributed by atoms with van der Waals surface area (Å²) in [6.45, 7) is 3.19. The molecule has 27 heavy (non-hydrogen) atoms. The van der Waals surface area contributed by atoms with Gasteiger partial charge < -0.3 is 14.8 Å². The molecule has 0 unspecified atom stereocenters. The van der Waals surface area contributed by atoms with Crippen molar-refractivity contribution in [3.63, 3.8) is 0 Å². The Morgan fingerprint density at radius 1 is 1.07 bits per heavy atom. The molecule has 0 bridgehead atoms. The highest BCUT2D eigenvalue weighted by molar-refractivity contribution is 5.94. The molecule has 4 rings (SSSR count). The summed E-state index contributed by atoms with van der Waals surface area (Å²) in [7, 11) is 0. The van der Waals surface area contributed by atoms with Crippen molar-refractivity contribution in [1.29, 1.82) is 0 Å². The van der Waals surface area contributed by atoms with E-state index in [0.717, 1.165) is 36.9 Å². The topological polar surface area (TPSA) is 63.1 Å². The van der Waals surface area contributed by atoms with Gasteiger partial charge in [-0.05, 0) is 25.0 Å². The SMILES string of the molecule is Cl.O=C(c1ccc(F)c(F)c1F)N1CCC(c2nnc3n2CCNC3)CC1. The summed E-state index contributed by atoms with van der Waals surface area (Å²) in [5, 5.41) is 11.8. The fourth-order valence-corrected chi connectivity index (χ4v) is 3.62. The maximum absolute atomic E-state index is 13.9. The molecule has 0 aliphatic carbocycles. The quantitative estimate of drug-likeness (QED) is 0.784. The predicted octanol–water partition coefficient (Wildman–Crippen LogP) is 2.24. The van der Waals surface area contributed by atoms with E-state index in [-0.39, 0.29) is 18.3 Å². The molecule has 146 valence electrons. The van der Waals surface area contributed by atoms with Gasteiger partial charge in [-0.15, -0.1) is 22.6 Å². The molecule has 2 aromatic rings. The second kappa shape index (κ2) is 7.85. The third kappa shape index (κ3) is 3.53. The fraction of sp³-hybridized carbons (Fsp3) is 0.471. The van der Waals surface area contributed by atoms with E-state index in [9.17, 15) is 18.0 Å². The van der Waals surface area contributed by atoms with Gasteiger partial charge in [0.25, 0.3) is 5.91 Å². The number of hydrogen-bond acceptors (Lipinski definition) is 4. The van der Waals surface area contributed by atoms with Crippen LogP contribution in [0.1, 0.15) is 40.8 Å². The van der Waals surface area contributed by atoms with Crippen molar-refractivity contribution < 1.29 is 18.0 Å². The molecule has 0 atom stereocenters. The van der Waals surface area contributed by atoms with Gasteiger partial charge in [0.1, 0.15) is 11.6 Å². The highest BCUT2D eigenvalue weighted by Crippen LogP contribution is 2.29. The van der Waals surface area contributed by atoms with Crippen LogP contribution in [0.4, 0.5) is 13.2 Å². The maximum Gasteiger partial charge on any atom is 0.256 e. The van der Waals surface area contributed by atoms with Gasteiger partial charge in [-0.1, -0.05) is 0 Å². The summed E-state index contributed by atoms with van der Waals surface area (Å²) in [5.74, 6) is -2.96. The first kappa shape index (κ1) is 19.6. The van der Waals surface area contributed by atoms with Crippen LogP contribution in [0, 0.1) is 17.5 Å². The average molecular weight is 402 g/mol. The Kier molecular flexibility index (Phi) is 5.71. The molecule has 1 fully saturated rings. The summed E-state index contributed by atoms with van der Waals surface area (Å²) >= 11 is 0. The van der Waals surface area contributed by atoms with Crippen LogP contribution in [0.5, 0.6) is 0 Å². The smallest absolute Gasteiger partial charge is 0.256 e. The van der Waals surface area contributed by atoms with E-state index < -0.39 is 28.9 Å². The van der Waals surface area contributed by atoms with Crippen molar-refractivity contribution in [2.75, 3.05) is 19.6 Å². The number of hydrogen-bond donors (Lipinski definition) is 1. The number of piperidine rings is 1. The lowest BCUT2D eigenvalue weighted by Gasteiger charge is -2.32. The Morgan fingerprint density at radius 3 is 2.56 bits per heavy atom. The zero-order valence-electron chi connectivity index (χ0n) is 14.4. The van der Waals surface area contributed by atoms with E-state index in [4.69, 9.17) is 0 Å². The number of fused-ring (bicyclic) bond motifs is 1. The van der Waals surface area contributed by atoms with Crippen LogP contribution in [-0.4, -0.2) is 45.2 Å². The zero-order chi connectivity index (χ0) is 18.3. The molecule has 10 heteroatoms. The standard InChI is InChI=1S/C17H18F3N5O.ClH/c18-12-2-1-11(14(19)15(12)20)17(26)24-6-3-10(4-7-24)16-23-22-13-9-21-5-8-25(13)16;/h1-2,10,21H,3-9H2;1H.